The molecule has 3 aliphatic rings. The first kappa shape index (κ1) is 29.1. The minimum atomic E-state index is -0.132. The summed E-state index contributed by atoms with van der Waals surface area (Å²) in [6.45, 7) is 12.6. The Balaban J connectivity index is 1.48. The van der Waals surface area contributed by atoms with Crippen LogP contribution in [0.15, 0.2) is 30.9 Å². The fraction of sp³-hybridized carbons (Fsp3) is 0.710. The summed E-state index contributed by atoms with van der Waals surface area (Å²) >= 11 is 0. The second-order valence-corrected chi connectivity index (χ2v) is 11.4. The molecule has 0 unspecified atom stereocenters. The van der Waals surface area contributed by atoms with Crippen molar-refractivity contribution in [2.75, 3.05) is 66.6 Å². The molecule has 0 spiro atoms. The molecule has 1 aromatic rings. The number of amides is 1. The van der Waals surface area contributed by atoms with Gasteiger partial charge in [0.05, 0.1) is 26.4 Å². The summed E-state index contributed by atoms with van der Waals surface area (Å²) in [6.07, 6.45) is 9.03. The van der Waals surface area contributed by atoms with Crippen LogP contribution in [0, 0.1) is 5.92 Å². The normalized spacial score (nSPS) is 23.6. The summed E-state index contributed by atoms with van der Waals surface area (Å²) in [4.78, 5) is 20.5. The Labute approximate surface area is 230 Å². The molecule has 0 radical (unpaired) electrons. The zero-order chi connectivity index (χ0) is 26.9. The monoisotopic (exact) mass is 527 g/mol. The second kappa shape index (κ2) is 14.5. The van der Waals surface area contributed by atoms with Gasteiger partial charge in [-0.15, -0.1) is 6.58 Å². The summed E-state index contributed by atoms with van der Waals surface area (Å²) in [6, 6.07) is 6.91. The zero-order valence-electron chi connectivity index (χ0n) is 23.9. The molecule has 3 atom stereocenters. The topological polar surface area (TPSA) is 54.5 Å². The molecular weight excluding hydrogens is 478 g/mol. The Kier molecular flexibility index (Phi) is 11.1. The van der Waals surface area contributed by atoms with E-state index in [1.807, 2.05) is 0 Å². The van der Waals surface area contributed by atoms with Crippen LogP contribution in [0.25, 0.3) is 0 Å². The fourth-order valence-corrected chi connectivity index (χ4v) is 6.26. The summed E-state index contributed by atoms with van der Waals surface area (Å²) < 4.78 is 17.3. The molecular formula is C31H49N3O4. The largest absolute Gasteiger partial charge is 0.493 e. The lowest BCUT2D eigenvalue weighted by Crippen LogP contribution is -2.44. The van der Waals surface area contributed by atoms with Gasteiger partial charge >= 0.3 is 0 Å². The van der Waals surface area contributed by atoms with E-state index >= 15 is 0 Å². The summed E-state index contributed by atoms with van der Waals surface area (Å²) in [5.41, 5.74) is 2.63. The Morgan fingerprint density at radius 3 is 2.58 bits per heavy atom. The number of hydrogen-bond acceptors (Lipinski definition) is 6. The number of hydrogen-bond donors (Lipinski definition) is 0. The van der Waals surface area contributed by atoms with Crippen LogP contribution in [-0.4, -0.2) is 99.6 Å². The van der Waals surface area contributed by atoms with Gasteiger partial charge in [-0.1, -0.05) is 31.6 Å². The Bertz CT molecular complexity index is 901. The number of ether oxygens (including phenoxy) is 3. The van der Waals surface area contributed by atoms with Crippen LogP contribution in [0.2, 0.25) is 0 Å². The first-order valence-electron chi connectivity index (χ1n) is 14.8. The highest BCUT2D eigenvalue weighted by atomic mass is 16.7. The Morgan fingerprint density at radius 2 is 1.84 bits per heavy atom. The van der Waals surface area contributed by atoms with Gasteiger partial charge in [-0.3, -0.25) is 9.69 Å². The van der Waals surface area contributed by atoms with Gasteiger partial charge in [0.15, 0.2) is 6.29 Å². The van der Waals surface area contributed by atoms with Crippen molar-refractivity contribution >= 4 is 5.91 Å². The van der Waals surface area contributed by atoms with E-state index in [1.165, 1.54) is 11.1 Å². The average Bonchev–Trinajstić information content (AvgIpc) is 3.66. The molecule has 7 nitrogen and oxygen atoms in total. The number of carbonyl (C=O) groups excluding carboxylic acids is 1. The van der Waals surface area contributed by atoms with Crippen molar-refractivity contribution in [2.24, 2.45) is 5.92 Å². The molecule has 4 rings (SSSR count). The molecule has 38 heavy (non-hydrogen) atoms. The minimum Gasteiger partial charge on any atom is -0.493 e. The van der Waals surface area contributed by atoms with Crippen LogP contribution < -0.4 is 4.74 Å². The number of nitrogens with zero attached hydrogens (tertiary/aromatic N) is 3. The molecule has 2 saturated heterocycles. The third-order valence-electron chi connectivity index (χ3n) is 8.37. The Hall–Kier alpha value is -1.93. The van der Waals surface area contributed by atoms with Crippen molar-refractivity contribution in [3.8, 4) is 5.75 Å². The SMILES string of the molecule is C=C[C@@H]1[C@@H](c2ccc3c(c2)CCO3)CN(CC(=O)N(CCCC)CCCCN(C)C)[C@H]1CCC1OCCO1. The molecule has 3 heterocycles. The van der Waals surface area contributed by atoms with Gasteiger partial charge in [-0.05, 0) is 69.9 Å². The molecule has 0 aromatic heterocycles. The molecule has 3 aliphatic heterocycles. The molecule has 0 aliphatic carbocycles. The van der Waals surface area contributed by atoms with Crippen molar-refractivity contribution in [3.63, 3.8) is 0 Å². The molecule has 0 N–H and O–H groups in total. The number of unbranched alkanes of at least 4 members (excludes halogenated alkanes) is 2. The van der Waals surface area contributed by atoms with Gasteiger partial charge in [0.1, 0.15) is 5.75 Å². The summed E-state index contributed by atoms with van der Waals surface area (Å²) in [7, 11) is 4.21. The number of likely N-dealkylation sites (tertiary alicyclic amines) is 1. The second-order valence-electron chi connectivity index (χ2n) is 11.4. The van der Waals surface area contributed by atoms with E-state index in [0.29, 0.717) is 25.7 Å². The van der Waals surface area contributed by atoms with Gasteiger partial charge < -0.3 is 24.0 Å². The lowest BCUT2D eigenvalue weighted by atomic mass is 9.83. The van der Waals surface area contributed by atoms with Crippen LogP contribution >= 0.6 is 0 Å². The van der Waals surface area contributed by atoms with Gasteiger partial charge in [0.25, 0.3) is 0 Å². The van der Waals surface area contributed by atoms with Crippen LogP contribution in [-0.2, 0) is 20.7 Å². The van der Waals surface area contributed by atoms with Crippen molar-refractivity contribution in [3.05, 3.63) is 42.0 Å². The van der Waals surface area contributed by atoms with Gasteiger partial charge in [0.2, 0.25) is 5.91 Å². The predicted molar refractivity (Wildman–Crippen MR) is 152 cm³/mol. The standard InChI is InChI=1S/C31H49N3O4/c1-5-7-16-33(17-9-8-15-32(3)4)30(35)23-34-22-27(24-10-12-29-25(21-24)14-18-36-29)26(6-2)28(34)11-13-31-37-19-20-38-31/h6,10,12,21,26-28,31H,2,5,7-9,11,13-20,22-23H2,1,3-4H3/t26-,27-,28+/m1/s1. The van der Waals surface area contributed by atoms with Crippen LogP contribution in [0.5, 0.6) is 5.75 Å². The molecule has 212 valence electrons. The molecule has 2 fully saturated rings. The third kappa shape index (κ3) is 7.59. The average molecular weight is 528 g/mol. The van der Waals surface area contributed by atoms with Gasteiger partial charge in [-0.2, -0.15) is 0 Å². The Morgan fingerprint density at radius 1 is 1.08 bits per heavy atom. The van der Waals surface area contributed by atoms with Crippen molar-refractivity contribution < 1.29 is 19.0 Å². The summed E-state index contributed by atoms with van der Waals surface area (Å²) in [5.74, 6) is 1.86. The number of rotatable bonds is 15. The van der Waals surface area contributed by atoms with Crippen LogP contribution in [0.3, 0.4) is 0 Å². The molecule has 0 saturated carbocycles. The van der Waals surface area contributed by atoms with E-state index in [1.54, 1.807) is 0 Å². The molecule has 0 bridgehead atoms. The maximum Gasteiger partial charge on any atom is 0.236 e. The molecule has 1 aromatic carbocycles. The fourth-order valence-electron chi connectivity index (χ4n) is 6.26. The highest BCUT2D eigenvalue weighted by Gasteiger charge is 2.42. The summed E-state index contributed by atoms with van der Waals surface area (Å²) in [5, 5.41) is 0. The predicted octanol–water partition coefficient (Wildman–Crippen LogP) is 4.32. The lowest BCUT2D eigenvalue weighted by Gasteiger charge is -2.30. The maximum absolute atomic E-state index is 13.7. The molecule has 1 amide bonds. The van der Waals surface area contributed by atoms with E-state index in [-0.39, 0.29) is 24.2 Å². The third-order valence-corrected chi connectivity index (χ3v) is 8.37. The van der Waals surface area contributed by atoms with E-state index in [9.17, 15) is 4.79 Å². The molecule has 7 heteroatoms. The van der Waals surface area contributed by atoms with E-state index < -0.39 is 0 Å². The van der Waals surface area contributed by atoms with E-state index in [0.717, 1.165) is 83.5 Å². The van der Waals surface area contributed by atoms with Crippen LogP contribution in [0.4, 0.5) is 0 Å². The first-order chi connectivity index (χ1) is 18.5. The van der Waals surface area contributed by atoms with Crippen molar-refractivity contribution in [1.29, 1.82) is 0 Å². The van der Waals surface area contributed by atoms with Crippen molar-refractivity contribution in [2.45, 2.75) is 70.1 Å². The number of benzene rings is 1. The van der Waals surface area contributed by atoms with E-state index in [2.05, 4.69) is 66.6 Å². The van der Waals surface area contributed by atoms with Gasteiger partial charge in [-0.25, -0.2) is 0 Å². The first-order valence-corrected chi connectivity index (χ1v) is 14.8. The van der Waals surface area contributed by atoms with Gasteiger partial charge in [0, 0.05) is 43.9 Å². The highest BCUT2D eigenvalue weighted by molar-refractivity contribution is 5.78. The zero-order valence-corrected chi connectivity index (χ0v) is 23.9. The van der Waals surface area contributed by atoms with E-state index in [4.69, 9.17) is 14.2 Å². The minimum absolute atomic E-state index is 0.132. The maximum atomic E-state index is 13.7. The highest BCUT2D eigenvalue weighted by Crippen LogP contribution is 2.42. The van der Waals surface area contributed by atoms with Crippen LogP contribution in [0.1, 0.15) is 62.5 Å². The lowest BCUT2D eigenvalue weighted by molar-refractivity contribution is -0.133. The smallest absolute Gasteiger partial charge is 0.236 e. The number of carbonyl (C=O) groups is 1. The van der Waals surface area contributed by atoms with Crippen molar-refractivity contribution in [1.82, 2.24) is 14.7 Å². The quantitative estimate of drug-likeness (QED) is 0.250. The number of fused-ring (bicyclic) bond motifs is 1.